The Morgan fingerprint density at radius 2 is 1.53 bits per heavy atom. The standard InChI is InChI=1S/C28H29N5O3/c1-15(2)36-26-10-18(8-16-4-3-5-19(16)26)28(35)33-13-22-20-11-32(12-21(20)23(22)14-33)27(34)17-6-7-24-25(9-17)30-31-29-24/h3,5-10,15,20-23H,4,11-14H2,1-2H3,(H,29,30,31)/t20-,21+,22?,23?. The Bertz CT molecular complexity index is 1410. The highest BCUT2D eigenvalue weighted by molar-refractivity contribution is 5.98. The summed E-state index contributed by atoms with van der Waals surface area (Å²) in [6, 6.07) is 9.44. The molecule has 36 heavy (non-hydrogen) atoms. The molecule has 2 saturated heterocycles. The smallest absolute Gasteiger partial charge is 0.254 e. The number of H-pyrrole nitrogens is 1. The number of hydrogen-bond acceptors (Lipinski definition) is 5. The van der Waals surface area contributed by atoms with Crippen LogP contribution in [-0.4, -0.2) is 69.3 Å². The number of carbonyl (C=O) groups is 2. The van der Waals surface area contributed by atoms with Crippen molar-refractivity contribution >= 4 is 28.9 Å². The lowest BCUT2D eigenvalue weighted by Gasteiger charge is -2.42. The van der Waals surface area contributed by atoms with Gasteiger partial charge in [-0.2, -0.15) is 15.4 Å². The van der Waals surface area contributed by atoms with Crippen LogP contribution >= 0.6 is 0 Å². The molecule has 3 heterocycles. The number of carbonyl (C=O) groups excluding carboxylic acids is 2. The van der Waals surface area contributed by atoms with E-state index < -0.39 is 0 Å². The third kappa shape index (κ3) is 3.27. The average Bonchev–Trinajstić information content (AvgIpc) is 3.65. The predicted octanol–water partition coefficient (Wildman–Crippen LogP) is 3.40. The van der Waals surface area contributed by atoms with E-state index in [1.807, 2.05) is 54.0 Å². The number of benzene rings is 2. The van der Waals surface area contributed by atoms with Crippen LogP contribution in [-0.2, 0) is 6.42 Å². The molecule has 4 atom stereocenters. The quantitative estimate of drug-likeness (QED) is 0.614. The molecule has 2 aliphatic carbocycles. The first-order chi connectivity index (χ1) is 17.5. The van der Waals surface area contributed by atoms with Gasteiger partial charge in [0.05, 0.1) is 6.10 Å². The molecule has 1 aromatic heterocycles. The van der Waals surface area contributed by atoms with E-state index in [2.05, 4.69) is 27.6 Å². The molecule has 0 spiro atoms. The molecule has 2 aliphatic heterocycles. The van der Waals surface area contributed by atoms with E-state index in [4.69, 9.17) is 4.74 Å². The molecule has 1 N–H and O–H groups in total. The van der Waals surface area contributed by atoms with Gasteiger partial charge in [0.25, 0.3) is 11.8 Å². The number of fused-ring (bicyclic) bond motifs is 6. The Kier molecular flexibility index (Phi) is 4.75. The lowest BCUT2D eigenvalue weighted by Crippen LogP contribution is -2.44. The predicted molar refractivity (Wildman–Crippen MR) is 135 cm³/mol. The fourth-order valence-electron chi connectivity index (χ4n) is 6.87. The van der Waals surface area contributed by atoms with Gasteiger partial charge in [-0.3, -0.25) is 9.59 Å². The Balaban J connectivity index is 1.04. The van der Waals surface area contributed by atoms with Gasteiger partial charge in [0.15, 0.2) is 0 Å². The van der Waals surface area contributed by atoms with E-state index in [1.54, 1.807) is 0 Å². The first kappa shape index (κ1) is 21.6. The second-order valence-corrected chi connectivity index (χ2v) is 10.9. The summed E-state index contributed by atoms with van der Waals surface area (Å²) in [7, 11) is 0. The molecule has 8 nitrogen and oxygen atoms in total. The molecule has 2 amide bonds. The van der Waals surface area contributed by atoms with Crippen LogP contribution in [0.4, 0.5) is 0 Å². The molecule has 7 rings (SSSR count). The topological polar surface area (TPSA) is 91.4 Å². The number of hydrogen-bond donors (Lipinski definition) is 1. The van der Waals surface area contributed by atoms with Crippen LogP contribution < -0.4 is 4.74 Å². The van der Waals surface area contributed by atoms with Crippen molar-refractivity contribution in [2.24, 2.45) is 23.7 Å². The summed E-state index contributed by atoms with van der Waals surface area (Å²) in [4.78, 5) is 30.8. The van der Waals surface area contributed by atoms with Gasteiger partial charge in [-0.05, 0) is 79.8 Å². The highest BCUT2D eigenvalue weighted by Crippen LogP contribution is 2.54. The number of amides is 2. The second-order valence-electron chi connectivity index (χ2n) is 10.9. The van der Waals surface area contributed by atoms with Gasteiger partial charge in [0, 0.05) is 42.9 Å². The largest absolute Gasteiger partial charge is 0.490 e. The van der Waals surface area contributed by atoms with Crippen LogP contribution in [0.1, 0.15) is 45.7 Å². The second kappa shape index (κ2) is 7.91. The molecule has 4 aliphatic rings. The highest BCUT2D eigenvalue weighted by Gasteiger charge is 2.59. The number of rotatable bonds is 4. The maximum absolute atomic E-state index is 13.5. The molecule has 0 radical (unpaired) electrons. The number of nitrogens with one attached hydrogen (secondary N) is 1. The summed E-state index contributed by atoms with van der Waals surface area (Å²) in [5.74, 6) is 2.84. The maximum atomic E-state index is 13.5. The molecule has 2 aromatic carbocycles. The van der Waals surface area contributed by atoms with Crippen molar-refractivity contribution in [2.75, 3.05) is 26.2 Å². The van der Waals surface area contributed by atoms with E-state index in [-0.39, 0.29) is 17.9 Å². The van der Waals surface area contributed by atoms with Crippen molar-refractivity contribution in [2.45, 2.75) is 26.4 Å². The van der Waals surface area contributed by atoms with Gasteiger partial charge in [0.2, 0.25) is 0 Å². The Morgan fingerprint density at radius 1 is 0.889 bits per heavy atom. The molecule has 0 bridgehead atoms. The molecule has 3 fully saturated rings. The molecular formula is C28H29N5O3. The van der Waals surface area contributed by atoms with Crippen molar-refractivity contribution in [1.82, 2.24) is 25.2 Å². The van der Waals surface area contributed by atoms with E-state index in [9.17, 15) is 9.59 Å². The monoisotopic (exact) mass is 483 g/mol. The van der Waals surface area contributed by atoms with Crippen molar-refractivity contribution in [3.05, 3.63) is 58.7 Å². The molecule has 2 unspecified atom stereocenters. The molecule has 1 saturated carbocycles. The number of likely N-dealkylation sites (tertiary alicyclic amines) is 2. The van der Waals surface area contributed by atoms with Crippen LogP contribution in [0.25, 0.3) is 17.1 Å². The third-order valence-electron chi connectivity index (χ3n) is 8.52. The maximum Gasteiger partial charge on any atom is 0.254 e. The number of aromatic amines is 1. The zero-order valence-corrected chi connectivity index (χ0v) is 20.5. The molecule has 184 valence electrons. The van der Waals surface area contributed by atoms with Gasteiger partial charge in [-0.25, -0.2) is 0 Å². The van der Waals surface area contributed by atoms with Gasteiger partial charge in [-0.15, -0.1) is 0 Å². The van der Waals surface area contributed by atoms with Crippen LogP contribution in [0.5, 0.6) is 5.75 Å². The number of allylic oxidation sites excluding steroid dienone is 1. The third-order valence-corrected chi connectivity index (χ3v) is 8.52. The van der Waals surface area contributed by atoms with E-state index in [0.29, 0.717) is 34.8 Å². The zero-order valence-electron chi connectivity index (χ0n) is 20.5. The van der Waals surface area contributed by atoms with Gasteiger partial charge >= 0.3 is 0 Å². The van der Waals surface area contributed by atoms with E-state index in [1.165, 1.54) is 0 Å². The lowest BCUT2D eigenvalue weighted by atomic mass is 9.60. The van der Waals surface area contributed by atoms with Crippen LogP contribution in [0.3, 0.4) is 0 Å². The fraction of sp³-hybridized carbons (Fsp3) is 0.429. The van der Waals surface area contributed by atoms with Crippen molar-refractivity contribution in [1.29, 1.82) is 0 Å². The highest BCUT2D eigenvalue weighted by atomic mass is 16.5. The Labute approximate surface area is 209 Å². The Morgan fingerprint density at radius 3 is 2.19 bits per heavy atom. The summed E-state index contributed by atoms with van der Waals surface area (Å²) in [6.07, 6.45) is 5.11. The van der Waals surface area contributed by atoms with E-state index in [0.717, 1.165) is 60.6 Å². The average molecular weight is 484 g/mol. The summed E-state index contributed by atoms with van der Waals surface area (Å²) >= 11 is 0. The van der Waals surface area contributed by atoms with Crippen molar-refractivity contribution in [3.8, 4) is 5.75 Å². The van der Waals surface area contributed by atoms with Crippen LogP contribution in [0.15, 0.2) is 36.4 Å². The summed E-state index contributed by atoms with van der Waals surface area (Å²) in [5, 5.41) is 10.8. The minimum absolute atomic E-state index is 0.0546. The summed E-state index contributed by atoms with van der Waals surface area (Å²) in [5.41, 5.74) is 5.11. The lowest BCUT2D eigenvalue weighted by molar-refractivity contribution is 0.0629. The first-order valence-electron chi connectivity index (χ1n) is 12.9. The minimum atomic E-state index is 0.0546. The van der Waals surface area contributed by atoms with Crippen LogP contribution in [0.2, 0.25) is 0 Å². The molecular weight excluding hydrogens is 454 g/mol. The Hall–Kier alpha value is -3.68. The van der Waals surface area contributed by atoms with Gasteiger partial charge in [0.1, 0.15) is 16.8 Å². The first-order valence-corrected chi connectivity index (χ1v) is 12.9. The fourth-order valence-corrected chi connectivity index (χ4v) is 6.87. The molecule has 3 aromatic rings. The number of nitrogens with zero attached hydrogens (tertiary/aromatic N) is 4. The van der Waals surface area contributed by atoms with Crippen molar-refractivity contribution < 1.29 is 14.3 Å². The van der Waals surface area contributed by atoms with Crippen molar-refractivity contribution in [3.63, 3.8) is 0 Å². The number of ether oxygens (including phenoxy) is 1. The van der Waals surface area contributed by atoms with Gasteiger partial charge < -0.3 is 14.5 Å². The number of aromatic nitrogens is 3. The minimum Gasteiger partial charge on any atom is -0.490 e. The summed E-state index contributed by atoms with van der Waals surface area (Å²) < 4.78 is 6.05. The van der Waals surface area contributed by atoms with Gasteiger partial charge in [-0.1, -0.05) is 12.2 Å². The SMILES string of the molecule is CC(C)Oc1cc(C(=O)N2CC3C(C2)[C@@H]2CN(C(=O)c4ccc5n[nH]nc5c4)C[C@H]32)cc2c1C=CC2. The molecule has 8 heteroatoms. The normalized spacial score (nSPS) is 25.8. The zero-order chi connectivity index (χ0) is 24.6. The van der Waals surface area contributed by atoms with E-state index >= 15 is 0 Å². The van der Waals surface area contributed by atoms with Crippen LogP contribution in [0, 0.1) is 23.7 Å². The summed E-state index contributed by atoms with van der Waals surface area (Å²) in [6.45, 7) is 7.09.